The molecule has 2 aromatic rings. The summed E-state index contributed by atoms with van der Waals surface area (Å²) in [5, 5.41) is 3.00. The normalized spacial score (nSPS) is 21.8. The van der Waals surface area contributed by atoms with E-state index >= 15 is 0 Å². The lowest BCUT2D eigenvalue weighted by molar-refractivity contribution is 0.103. The molecule has 7 nitrogen and oxygen atoms in total. The highest BCUT2D eigenvalue weighted by Gasteiger charge is 2.23. The van der Waals surface area contributed by atoms with Crippen LogP contribution in [-0.2, 0) is 11.3 Å². The lowest BCUT2D eigenvalue weighted by Gasteiger charge is -2.34. The number of ether oxygens (including phenoxy) is 1. The van der Waals surface area contributed by atoms with Crippen LogP contribution in [0.5, 0.6) is 0 Å². The Hall–Kier alpha value is -2.12. The lowest BCUT2D eigenvalue weighted by atomic mass is 10.2. The third-order valence-electron chi connectivity index (χ3n) is 4.96. The Balaban J connectivity index is 1.24. The molecule has 0 bridgehead atoms. The van der Waals surface area contributed by atoms with E-state index in [-0.39, 0.29) is 12.1 Å². The van der Waals surface area contributed by atoms with Crippen molar-refractivity contribution in [3.8, 4) is 0 Å². The number of piperazine rings is 1. The number of carbonyl (C=O) groups excluding carboxylic acids is 1. The van der Waals surface area contributed by atoms with Gasteiger partial charge in [-0.05, 0) is 25.0 Å². The van der Waals surface area contributed by atoms with E-state index in [4.69, 9.17) is 4.74 Å². The standard InChI is InChI=1S/C18H25N5O2/c24-18(19-12-16-4-3-11-25-16)22-9-7-21(8-10-22)13-15-14-23-6-2-1-5-17(23)20-15/h1-2,5-6,14,16H,3-4,7-13H2,(H,19,24). The van der Waals surface area contributed by atoms with Crippen LogP contribution in [0, 0.1) is 0 Å². The van der Waals surface area contributed by atoms with Crippen molar-refractivity contribution in [1.29, 1.82) is 0 Å². The molecule has 2 aliphatic heterocycles. The van der Waals surface area contributed by atoms with E-state index in [1.54, 1.807) is 0 Å². The zero-order valence-corrected chi connectivity index (χ0v) is 14.4. The van der Waals surface area contributed by atoms with E-state index in [1.165, 1.54) is 0 Å². The Morgan fingerprint density at radius 1 is 1.28 bits per heavy atom. The molecule has 4 rings (SSSR count). The molecule has 134 valence electrons. The molecule has 0 aliphatic carbocycles. The molecule has 2 fully saturated rings. The van der Waals surface area contributed by atoms with Gasteiger partial charge in [0, 0.05) is 58.3 Å². The topological polar surface area (TPSA) is 62.1 Å². The summed E-state index contributed by atoms with van der Waals surface area (Å²) in [6.07, 6.45) is 6.44. The maximum atomic E-state index is 12.3. The minimum Gasteiger partial charge on any atom is -0.376 e. The number of rotatable bonds is 4. The summed E-state index contributed by atoms with van der Waals surface area (Å²) in [6, 6.07) is 6.05. The van der Waals surface area contributed by atoms with E-state index in [0.717, 1.165) is 63.5 Å². The van der Waals surface area contributed by atoms with Crippen LogP contribution in [0.25, 0.3) is 5.65 Å². The summed E-state index contributed by atoms with van der Waals surface area (Å²) in [5.74, 6) is 0. The molecular weight excluding hydrogens is 318 g/mol. The van der Waals surface area contributed by atoms with Gasteiger partial charge in [0.05, 0.1) is 11.8 Å². The highest BCUT2D eigenvalue weighted by Crippen LogP contribution is 2.12. The van der Waals surface area contributed by atoms with E-state index in [0.29, 0.717) is 6.54 Å². The number of nitrogens with one attached hydrogen (secondary N) is 1. The first-order chi connectivity index (χ1) is 12.3. The number of imidazole rings is 1. The van der Waals surface area contributed by atoms with Crippen LogP contribution in [0.3, 0.4) is 0 Å². The Bertz CT molecular complexity index is 684. The fraction of sp³-hybridized carbons (Fsp3) is 0.556. The van der Waals surface area contributed by atoms with Crippen molar-refractivity contribution in [2.45, 2.75) is 25.5 Å². The third kappa shape index (κ3) is 3.93. The first-order valence-corrected chi connectivity index (χ1v) is 9.07. The summed E-state index contributed by atoms with van der Waals surface area (Å²) in [7, 11) is 0. The monoisotopic (exact) mass is 343 g/mol. The van der Waals surface area contributed by atoms with Crippen LogP contribution in [0.2, 0.25) is 0 Å². The fourth-order valence-corrected chi connectivity index (χ4v) is 3.52. The minimum absolute atomic E-state index is 0.0304. The van der Waals surface area contributed by atoms with Crippen molar-refractivity contribution in [1.82, 2.24) is 24.5 Å². The zero-order valence-electron chi connectivity index (χ0n) is 14.4. The van der Waals surface area contributed by atoms with E-state index < -0.39 is 0 Å². The maximum absolute atomic E-state index is 12.3. The van der Waals surface area contributed by atoms with Gasteiger partial charge in [0.15, 0.2) is 0 Å². The quantitative estimate of drug-likeness (QED) is 0.910. The number of fused-ring (bicyclic) bond motifs is 1. The Kier molecular flexibility index (Phi) is 4.85. The third-order valence-corrected chi connectivity index (χ3v) is 4.96. The number of pyridine rings is 1. The van der Waals surface area contributed by atoms with Crippen molar-refractivity contribution in [3.05, 3.63) is 36.3 Å². The van der Waals surface area contributed by atoms with E-state index in [9.17, 15) is 4.79 Å². The molecule has 0 radical (unpaired) electrons. The van der Waals surface area contributed by atoms with Crippen LogP contribution in [-0.4, -0.2) is 70.7 Å². The number of nitrogens with zero attached hydrogens (tertiary/aromatic N) is 4. The van der Waals surface area contributed by atoms with Gasteiger partial charge in [-0.3, -0.25) is 4.90 Å². The number of carbonyl (C=O) groups is 1. The second-order valence-electron chi connectivity index (χ2n) is 6.78. The van der Waals surface area contributed by atoms with Gasteiger partial charge in [-0.15, -0.1) is 0 Å². The minimum atomic E-state index is 0.0304. The van der Waals surface area contributed by atoms with Gasteiger partial charge < -0.3 is 19.4 Å². The summed E-state index contributed by atoms with van der Waals surface area (Å²) in [6.45, 7) is 5.54. The molecule has 2 amide bonds. The largest absolute Gasteiger partial charge is 0.376 e. The number of hydrogen-bond donors (Lipinski definition) is 1. The van der Waals surface area contributed by atoms with Crippen LogP contribution in [0.15, 0.2) is 30.6 Å². The lowest BCUT2D eigenvalue weighted by Crippen LogP contribution is -2.52. The molecule has 0 aromatic carbocycles. The number of hydrogen-bond acceptors (Lipinski definition) is 4. The van der Waals surface area contributed by atoms with Crippen molar-refractivity contribution >= 4 is 11.7 Å². The Morgan fingerprint density at radius 3 is 2.92 bits per heavy atom. The van der Waals surface area contributed by atoms with Crippen molar-refractivity contribution < 1.29 is 9.53 Å². The molecule has 1 unspecified atom stereocenters. The molecule has 1 N–H and O–H groups in total. The van der Waals surface area contributed by atoms with Gasteiger partial charge in [0.25, 0.3) is 0 Å². The van der Waals surface area contributed by atoms with Gasteiger partial charge >= 0.3 is 6.03 Å². The van der Waals surface area contributed by atoms with Gasteiger partial charge in [-0.25, -0.2) is 9.78 Å². The summed E-state index contributed by atoms with van der Waals surface area (Å²) in [4.78, 5) is 21.2. The molecule has 0 saturated carbocycles. The molecule has 4 heterocycles. The smallest absolute Gasteiger partial charge is 0.317 e. The highest BCUT2D eigenvalue weighted by atomic mass is 16.5. The van der Waals surface area contributed by atoms with Crippen LogP contribution in [0.1, 0.15) is 18.5 Å². The molecule has 1 atom stereocenters. The van der Waals surface area contributed by atoms with Crippen molar-refractivity contribution in [2.24, 2.45) is 0 Å². The number of amides is 2. The summed E-state index contributed by atoms with van der Waals surface area (Å²) >= 11 is 0. The molecule has 25 heavy (non-hydrogen) atoms. The Morgan fingerprint density at radius 2 is 2.16 bits per heavy atom. The zero-order chi connectivity index (χ0) is 17.1. The average Bonchev–Trinajstić information content (AvgIpc) is 3.29. The molecule has 0 spiro atoms. The molecule has 2 aromatic heterocycles. The molecule has 2 aliphatic rings. The van der Waals surface area contributed by atoms with Crippen LogP contribution < -0.4 is 5.32 Å². The van der Waals surface area contributed by atoms with E-state index in [1.807, 2.05) is 33.7 Å². The van der Waals surface area contributed by atoms with Crippen molar-refractivity contribution in [3.63, 3.8) is 0 Å². The summed E-state index contributed by atoms with van der Waals surface area (Å²) in [5.41, 5.74) is 2.05. The van der Waals surface area contributed by atoms with E-state index in [2.05, 4.69) is 21.4 Å². The number of aromatic nitrogens is 2. The average molecular weight is 343 g/mol. The first kappa shape index (κ1) is 16.4. The SMILES string of the molecule is O=C(NCC1CCCO1)N1CCN(Cc2cn3ccccc3n2)CC1. The number of urea groups is 1. The predicted octanol–water partition coefficient (Wildman–Crippen LogP) is 1.34. The van der Waals surface area contributed by atoms with Gasteiger partial charge in [-0.2, -0.15) is 0 Å². The first-order valence-electron chi connectivity index (χ1n) is 9.07. The van der Waals surface area contributed by atoms with Gasteiger partial charge in [0.1, 0.15) is 5.65 Å². The maximum Gasteiger partial charge on any atom is 0.317 e. The van der Waals surface area contributed by atoms with Crippen LogP contribution >= 0.6 is 0 Å². The molecular formula is C18H25N5O2. The fourth-order valence-electron chi connectivity index (χ4n) is 3.52. The second-order valence-corrected chi connectivity index (χ2v) is 6.78. The van der Waals surface area contributed by atoms with Gasteiger partial charge in [-0.1, -0.05) is 6.07 Å². The molecule has 2 saturated heterocycles. The Labute approximate surface area is 147 Å². The highest BCUT2D eigenvalue weighted by molar-refractivity contribution is 5.74. The van der Waals surface area contributed by atoms with Gasteiger partial charge in [0.2, 0.25) is 0 Å². The predicted molar refractivity (Wildman–Crippen MR) is 94.4 cm³/mol. The second kappa shape index (κ2) is 7.41. The van der Waals surface area contributed by atoms with Crippen molar-refractivity contribution in [2.75, 3.05) is 39.3 Å². The molecule has 7 heteroatoms. The summed E-state index contributed by atoms with van der Waals surface area (Å²) < 4.78 is 7.59. The van der Waals surface area contributed by atoms with Crippen LogP contribution in [0.4, 0.5) is 4.79 Å².